The summed E-state index contributed by atoms with van der Waals surface area (Å²) in [5.41, 5.74) is -0.175. The number of likely N-dealkylation sites (tertiary alicyclic amines) is 1. The molecule has 0 bridgehead atoms. The molecule has 116 valence electrons. The third-order valence-electron chi connectivity index (χ3n) is 3.32. The lowest BCUT2D eigenvalue weighted by molar-refractivity contribution is 0.0706. The van der Waals surface area contributed by atoms with Crippen LogP contribution < -0.4 is 4.72 Å². The lowest BCUT2D eigenvalue weighted by Gasteiger charge is -2.32. The number of sulfonamides is 1. The number of carbonyl (C=O) groups is 1. The number of nitrogens with zero attached hydrogens (tertiary/aromatic N) is 1. The monoisotopic (exact) mass is 318 g/mol. The highest BCUT2D eigenvalue weighted by Crippen LogP contribution is 2.17. The van der Waals surface area contributed by atoms with Crippen LogP contribution in [0, 0.1) is 11.6 Å². The van der Waals surface area contributed by atoms with Gasteiger partial charge in [-0.05, 0) is 25.0 Å². The van der Waals surface area contributed by atoms with Gasteiger partial charge < -0.3 is 4.90 Å². The minimum atomic E-state index is -3.28. The van der Waals surface area contributed by atoms with Crippen LogP contribution in [0.15, 0.2) is 18.2 Å². The van der Waals surface area contributed by atoms with Crippen molar-refractivity contribution in [3.63, 3.8) is 0 Å². The van der Waals surface area contributed by atoms with E-state index in [2.05, 4.69) is 4.72 Å². The molecule has 0 spiro atoms. The van der Waals surface area contributed by atoms with Crippen LogP contribution in [-0.4, -0.2) is 44.6 Å². The van der Waals surface area contributed by atoms with E-state index in [0.717, 1.165) is 18.4 Å². The molecule has 0 aliphatic carbocycles. The van der Waals surface area contributed by atoms with Crippen molar-refractivity contribution in [1.82, 2.24) is 9.62 Å². The summed E-state index contributed by atoms with van der Waals surface area (Å²) in [6, 6.07) is 2.61. The summed E-state index contributed by atoms with van der Waals surface area (Å²) in [5, 5.41) is 0. The predicted molar refractivity (Wildman–Crippen MR) is 73.3 cm³/mol. The van der Waals surface area contributed by atoms with Crippen LogP contribution in [0.2, 0.25) is 0 Å². The van der Waals surface area contributed by atoms with Crippen LogP contribution in [0.4, 0.5) is 8.78 Å². The molecule has 1 fully saturated rings. The first kappa shape index (κ1) is 15.8. The predicted octanol–water partition coefficient (Wildman–Crippen LogP) is 1.12. The zero-order valence-corrected chi connectivity index (χ0v) is 12.3. The minimum Gasteiger partial charge on any atom is -0.338 e. The number of benzene rings is 1. The molecule has 1 saturated heterocycles. The van der Waals surface area contributed by atoms with Crippen molar-refractivity contribution in [3.8, 4) is 0 Å². The van der Waals surface area contributed by atoms with Crippen molar-refractivity contribution in [1.29, 1.82) is 0 Å². The summed E-state index contributed by atoms with van der Waals surface area (Å²) in [5.74, 6) is -2.14. The topological polar surface area (TPSA) is 66.5 Å². The van der Waals surface area contributed by atoms with E-state index in [0.29, 0.717) is 32.0 Å². The lowest BCUT2D eigenvalue weighted by atomic mass is 10.0. The van der Waals surface area contributed by atoms with Gasteiger partial charge >= 0.3 is 0 Å². The molecule has 0 aromatic heterocycles. The molecule has 1 aromatic rings. The van der Waals surface area contributed by atoms with E-state index in [1.165, 1.54) is 4.90 Å². The molecule has 1 N–H and O–H groups in total. The van der Waals surface area contributed by atoms with E-state index in [-0.39, 0.29) is 11.6 Å². The first-order valence-electron chi connectivity index (χ1n) is 6.48. The van der Waals surface area contributed by atoms with Gasteiger partial charge in [0.15, 0.2) is 0 Å². The maximum Gasteiger partial charge on any atom is 0.256 e. The fraction of sp³-hybridized carbons (Fsp3) is 0.462. The van der Waals surface area contributed by atoms with Gasteiger partial charge in [0.25, 0.3) is 5.91 Å². The van der Waals surface area contributed by atoms with Crippen LogP contribution in [0.5, 0.6) is 0 Å². The van der Waals surface area contributed by atoms with E-state index in [1.54, 1.807) is 0 Å². The first-order chi connectivity index (χ1) is 9.76. The highest BCUT2D eigenvalue weighted by molar-refractivity contribution is 7.88. The molecule has 0 saturated carbocycles. The molecule has 0 atom stereocenters. The van der Waals surface area contributed by atoms with Crippen molar-refractivity contribution in [2.75, 3.05) is 19.3 Å². The molecule has 1 amide bonds. The number of carbonyl (C=O) groups excluding carboxylic acids is 1. The van der Waals surface area contributed by atoms with Crippen LogP contribution in [-0.2, 0) is 10.0 Å². The Morgan fingerprint density at radius 1 is 1.29 bits per heavy atom. The molecular weight excluding hydrogens is 302 g/mol. The SMILES string of the molecule is CS(=O)(=O)NC1CCN(C(=O)c2ccc(F)cc2F)CC1. The van der Waals surface area contributed by atoms with Gasteiger partial charge in [0.2, 0.25) is 10.0 Å². The van der Waals surface area contributed by atoms with Gasteiger partial charge in [0.1, 0.15) is 11.6 Å². The average Bonchev–Trinajstić information content (AvgIpc) is 2.37. The number of hydrogen-bond acceptors (Lipinski definition) is 3. The molecule has 1 aromatic carbocycles. The second kappa shape index (κ2) is 6.07. The van der Waals surface area contributed by atoms with Gasteiger partial charge in [-0.1, -0.05) is 0 Å². The highest BCUT2D eigenvalue weighted by atomic mass is 32.2. The quantitative estimate of drug-likeness (QED) is 0.908. The Kier molecular flexibility index (Phi) is 4.58. The number of piperidine rings is 1. The van der Waals surface area contributed by atoms with Crippen molar-refractivity contribution < 1.29 is 22.0 Å². The second-order valence-corrected chi connectivity index (χ2v) is 6.86. The lowest BCUT2D eigenvalue weighted by Crippen LogP contribution is -2.46. The number of halogens is 2. The normalized spacial score (nSPS) is 17.0. The smallest absolute Gasteiger partial charge is 0.256 e. The second-order valence-electron chi connectivity index (χ2n) is 5.08. The molecule has 0 unspecified atom stereocenters. The van der Waals surface area contributed by atoms with Gasteiger partial charge in [0.05, 0.1) is 11.8 Å². The third kappa shape index (κ3) is 4.21. The fourth-order valence-electron chi connectivity index (χ4n) is 2.34. The van der Waals surface area contributed by atoms with Crippen molar-refractivity contribution in [2.24, 2.45) is 0 Å². The Bertz CT molecular complexity index is 641. The van der Waals surface area contributed by atoms with Gasteiger partial charge in [0, 0.05) is 25.2 Å². The van der Waals surface area contributed by atoms with Gasteiger partial charge in [-0.15, -0.1) is 0 Å². The standard InChI is InChI=1S/C13H16F2N2O3S/c1-21(19,20)16-10-4-6-17(7-5-10)13(18)11-3-2-9(14)8-12(11)15/h2-3,8,10,16H,4-7H2,1H3. The zero-order chi connectivity index (χ0) is 15.6. The Labute approximate surface area is 122 Å². The maximum absolute atomic E-state index is 13.6. The first-order valence-corrected chi connectivity index (χ1v) is 8.37. The fourth-order valence-corrected chi connectivity index (χ4v) is 3.18. The van der Waals surface area contributed by atoms with Crippen LogP contribution in [0.3, 0.4) is 0 Å². The van der Waals surface area contributed by atoms with E-state index >= 15 is 0 Å². The molecule has 21 heavy (non-hydrogen) atoms. The molecule has 1 heterocycles. The van der Waals surface area contributed by atoms with E-state index in [1.807, 2.05) is 0 Å². The van der Waals surface area contributed by atoms with Crippen molar-refractivity contribution >= 4 is 15.9 Å². The number of hydrogen-bond donors (Lipinski definition) is 1. The summed E-state index contributed by atoms with van der Waals surface area (Å²) in [7, 11) is -3.28. The van der Waals surface area contributed by atoms with E-state index in [9.17, 15) is 22.0 Å². The number of nitrogens with one attached hydrogen (secondary N) is 1. The summed E-state index contributed by atoms with van der Waals surface area (Å²) in [4.78, 5) is 13.6. The van der Waals surface area contributed by atoms with Gasteiger partial charge in [-0.2, -0.15) is 0 Å². The molecule has 8 heteroatoms. The Balaban J connectivity index is 2.00. The van der Waals surface area contributed by atoms with Crippen LogP contribution >= 0.6 is 0 Å². The van der Waals surface area contributed by atoms with Crippen LogP contribution in [0.1, 0.15) is 23.2 Å². The van der Waals surface area contributed by atoms with Crippen molar-refractivity contribution in [2.45, 2.75) is 18.9 Å². The Morgan fingerprint density at radius 3 is 2.43 bits per heavy atom. The molecule has 1 aliphatic heterocycles. The Hall–Kier alpha value is -1.54. The largest absolute Gasteiger partial charge is 0.338 e. The molecule has 0 radical (unpaired) electrons. The van der Waals surface area contributed by atoms with Crippen molar-refractivity contribution in [3.05, 3.63) is 35.4 Å². The maximum atomic E-state index is 13.6. The third-order valence-corrected chi connectivity index (χ3v) is 4.09. The Morgan fingerprint density at radius 2 is 1.90 bits per heavy atom. The summed E-state index contributed by atoms with van der Waals surface area (Å²) < 4.78 is 51.2. The average molecular weight is 318 g/mol. The molecule has 1 aliphatic rings. The minimum absolute atomic E-state index is 0.175. The summed E-state index contributed by atoms with van der Waals surface area (Å²) >= 11 is 0. The number of rotatable bonds is 3. The van der Waals surface area contributed by atoms with Crippen LogP contribution in [0.25, 0.3) is 0 Å². The van der Waals surface area contributed by atoms with Gasteiger partial charge in [-0.25, -0.2) is 21.9 Å². The molecule has 5 nitrogen and oxygen atoms in total. The summed E-state index contributed by atoms with van der Waals surface area (Å²) in [6.07, 6.45) is 2.00. The highest BCUT2D eigenvalue weighted by Gasteiger charge is 2.26. The van der Waals surface area contributed by atoms with E-state index in [4.69, 9.17) is 0 Å². The zero-order valence-electron chi connectivity index (χ0n) is 11.5. The summed E-state index contributed by atoms with van der Waals surface area (Å²) in [6.45, 7) is 0.645. The molecular formula is C13H16F2N2O3S. The van der Waals surface area contributed by atoms with Gasteiger partial charge in [-0.3, -0.25) is 4.79 Å². The molecule has 2 rings (SSSR count). The van der Waals surface area contributed by atoms with E-state index < -0.39 is 27.6 Å². The number of amides is 1.